The summed E-state index contributed by atoms with van der Waals surface area (Å²) < 4.78 is 13.7. The number of ether oxygens (including phenoxy) is 2. The molecule has 1 heterocycles. The molecule has 2 fully saturated rings. The molecule has 104 heavy (non-hydrogen) atoms. The van der Waals surface area contributed by atoms with Gasteiger partial charge in [-0.1, -0.05) is 485 Å². The van der Waals surface area contributed by atoms with E-state index in [1.54, 1.807) is 0 Å². The third-order valence-electron chi connectivity index (χ3n) is 24.3. The van der Waals surface area contributed by atoms with Crippen LogP contribution in [0.2, 0.25) is 0 Å². The van der Waals surface area contributed by atoms with Crippen LogP contribution in [0.15, 0.2) is 37.5 Å². The third kappa shape index (κ3) is 69.0. The normalized spacial score (nSPS) is 21.2. The van der Waals surface area contributed by atoms with Gasteiger partial charge < -0.3 is 19.7 Å². The van der Waals surface area contributed by atoms with Gasteiger partial charge >= 0.3 is 0 Å². The highest BCUT2D eigenvalue weighted by molar-refractivity contribution is 4.98. The van der Waals surface area contributed by atoms with Crippen LogP contribution in [0.5, 0.6) is 0 Å². The molecule has 7 atom stereocenters. The highest BCUT2D eigenvalue weighted by Gasteiger charge is 2.43. The number of hydrogen-bond donors (Lipinski definition) is 2. The molecule has 2 N–H and O–H groups in total. The predicted octanol–water partition coefficient (Wildman–Crippen LogP) is 35.2. The van der Waals surface area contributed by atoms with Crippen LogP contribution in [0, 0.1) is 16.7 Å². The Morgan fingerprint density at radius 2 is 0.663 bits per heavy atom. The van der Waals surface area contributed by atoms with Gasteiger partial charge in [0.15, 0.2) is 6.29 Å². The summed E-state index contributed by atoms with van der Waals surface area (Å²) in [6.45, 7) is 31.3. The molecule has 622 valence electrons. The van der Waals surface area contributed by atoms with Crippen molar-refractivity contribution in [1.82, 2.24) is 0 Å². The van der Waals surface area contributed by atoms with Gasteiger partial charge in [0.25, 0.3) is 0 Å². The van der Waals surface area contributed by atoms with E-state index in [0.29, 0.717) is 11.3 Å². The van der Waals surface area contributed by atoms with Gasteiger partial charge in [-0.25, -0.2) is 0 Å². The van der Waals surface area contributed by atoms with E-state index in [4.69, 9.17) is 9.47 Å². The minimum Gasteiger partial charge on any atom is -0.390 e. The van der Waals surface area contributed by atoms with E-state index in [1.165, 1.54) is 462 Å². The molecular weight excluding hydrogens is 1270 g/mol. The first-order chi connectivity index (χ1) is 50.9. The molecule has 1 aliphatic heterocycles. The topological polar surface area (TPSA) is 58.9 Å². The highest BCUT2D eigenvalue weighted by atomic mass is 16.7. The van der Waals surface area contributed by atoms with Crippen molar-refractivity contribution in [2.75, 3.05) is 6.61 Å². The number of unbranched alkanes of at least 4 members (excludes halogenated alkanes) is 50. The largest absolute Gasteiger partial charge is 0.390 e. The Balaban J connectivity index is 0. The molecule has 0 bridgehead atoms. The lowest BCUT2D eigenvalue weighted by atomic mass is 9.73. The summed E-state index contributed by atoms with van der Waals surface area (Å²) in [5.74, 6) is 0.598. The maximum atomic E-state index is 10.6. The van der Waals surface area contributed by atoms with Crippen molar-refractivity contribution < 1.29 is 19.7 Å². The third-order valence-corrected chi connectivity index (χ3v) is 24.3. The van der Waals surface area contributed by atoms with Crippen molar-refractivity contribution in [1.29, 1.82) is 0 Å². The molecule has 0 aromatic rings. The van der Waals surface area contributed by atoms with Gasteiger partial charge in [-0.15, -0.1) is 13.2 Å². The fourth-order valence-electron chi connectivity index (χ4n) is 16.7. The van der Waals surface area contributed by atoms with Gasteiger partial charge in [0.05, 0.1) is 24.4 Å². The van der Waals surface area contributed by atoms with Crippen molar-refractivity contribution in [3.63, 3.8) is 0 Å². The standard InChI is InChI=1S/C40H80O2.C20H40O2.C20H38.2C10H20/c1-5-9-13-17-21-23-26-30-34-38(33-29-25-19-15-11-7-3)39-41-37-40(42-39,35-31-27-20-16-12-8-4)36-32-28-24-22-18-14-10-6-2;1-3-4-5-6-7-8-10-13-16-20(2)17-14-11-9-12-15-18(21)19(20)22;1-3-4-5-6-7-8-11-14-17-20(2)18-15-12-9-10-13-16-19-20;2*1-3-5-7-9-10-8-6-4-2/h38-39H,5-37H2,1-4H3;18-19,21-22H,3-17H2,1-2H3;15,18H,3-14,16-17,19H2,1-2H3;2*3H,1,4-10H2,2H3/b;;18-15-;;. The SMILES string of the molecule is C=CCCCCCCCC.C=CCCCCCCCC.CCCCCCCCCCC(CCCCCCCC)C1OCC(CCCCCCCC)(CCCCCCCCCC)O1.CCCCCCCCCCC1(C)/C=C\CCCCCC1.CCCCCCCCCCC1(C)CCCCCCC(O)C1O. The number of aliphatic hydroxyl groups is 2. The van der Waals surface area contributed by atoms with Crippen molar-refractivity contribution in [3.8, 4) is 0 Å². The number of rotatable bonds is 65. The molecule has 4 nitrogen and oxygen atoms in total. The Labute approximate surface area is 658 Å². The lowest BCUT2D eigenvalue weighted by Gasteiger charge is -2.37. The first kappa shape index (κ1) is 105. The van der Waals surface area contributed by atoms with E-state index in [9.17, 15) is 10.2 Å². The first-order valence-corrected chi connectivity index (χ1v) is 48.5. The molecule has 0 spiro atoms. The van der Waals surface area contributed by atoms with Crippen molar-refractivity contribution in [3.05, 3.63) is 37.5 Å². The quantitative estimate of drug-likeness (QED) is 0.0471. The van der Waals surface area contributed by atoms with E-state index >= 15 is 0 Å². The predicted molar refractivity (Wildman–Crippen MR) is 471 cm³/mol. The average Bonchev–Trinajstić information content (AvgIpc) is 1.66. The highest BCUT2D eigenvalue weighted by Crippen LogP contribution is 2.41. The molecular formula is C100H198O4. The number of allylic oxidation sites excluding steroid dienone is 4. The van der Waals surface area contributed by atoms with Crippen LogP contribution >= 0.6 is 0 Å². The van der Waals surface area contributed by atoms with E-state index < -0.39 is 12.2 Å². The summed E-state index contributed by atoms with van der Waals surface area (Å²) in [5, 5.41) is 20.8. The maximum absolute atomic E-state index is 10.6. The summed E-state index contributed by atoms with van der Waals surface area (Å²) >= 11 is 0. The molecule has 2 aliphatic carbocycles. The van der Waals surface area contributed by atoms with Crippen LogP contribution in [0.4, 0.5) is 0 Å². The van der Waals surface area contributed by atoms with Gasteiger partial charge in [0.1, 0.15) is 0 Å². The summed E-state index contributed by atoms with van der Waals surface area (Å²) in [4.78, 5) is 0. The Morgan fingerprint density at radius 1 is 0.356 bits per heavy atom. The molecule has 1 saturated carbocycles. The van der Waals surface area contributed by atoms with Gasteiger partial charge in [0.2, 0.25) is 0 Å². The lowest BCUT2D eigenvalue weighted by Crippen LogP contribution is -2.41. The number of hydrogen-bond acceptors (Lipinski definition) is 4. The lowest BCUT2D eigenvalue weighted by molar-refractivity contribution is -0.130. The second-order valence-electron chi connectivity index (χ2n) is 35.1. The molecule has 1 saturated heterocycles. The van der Waals surface area contributed by atoms with Crippen molar-refractivity contribution >= 4 is 0 Å². The monoisotopic (exact) mass is 1460 g/mol. The molecule has 0 aromatic heterocycles. The molecule has 7 unspecified atom stereocenters. The van der Waals surface area contributed by atoms with Crippen LogP contribution < -0.4 is 0 Å². The zero-order valence-corrected chi connectivity index (χ0v) is 73.7. The van der Waals surface area contributed by atoms with Crippen molar-refractivity contribution in [2.45, 2.75) is 581 Å². The van der Waals surface area contributed by atoms with Crippen LogP contribution in [0.3, 0.4) is 0 Å². The maximum Gasteiger partial charge on any atom is 0.161 e. The smallest absolute Gasteiger partial charge is 0.161 e. The molecule has 0 amide bonds. The second kappa shape index (κ2) is 83.0. The minimum atomic E-state index is -0.532. The summed E-state index contributed by atoms with van der Waals surface area (Å²) in [6.07, 6.45) is 111. The summed E-state index contributed by atoms with van der Waals surface area (Å²) in [6, 6.07) is 0. The van der Waals surface area contributed by atoms with E-state index in [2.05, 4.69) is 94.5 Å². The van der Waals surface area contributed by atoms with Gasteiger partial charge in [-0.05, 0) is 107 Å². The molecule has 4 heteroatoms. The Kier molecular flexibility index (Phi) is 83.9. The fraction of sp³-hybridized carbons (Fsp3) is 0.940. The Bertz CT molecular complexity index is 1650. The second-order valence-corrected chi connectivity index (χ2v) is 35.1. The van der Waals surface area contributed by atoms with Gasteiger partial charge in [-0.2, -0.15) is 0 Å². The van der Waals surface area contributed by atoms with Crippen LogP contribution in [0.25, 0.3) is 0 Å². The Morgan fingerprint density at radius 3 is 1.04 bits per heavy atom. The molecule has 0 radical (unpaired) electrons. The van der Waals surface area contributed by atoms with Gasteiger partial charge in [0, 0.05) is 5.92 Å². The Hall–Kier alpha value is -0.940. The minimum absolute atomic E-state index is 0.00368. The van der Waals surface area contributed by atoms with E-state index in [-0.39, 0.29) is 17.3 Å². The molecule has 3 aliphatic rings. The van der Waals surface area contributed by atoms with Crippen LogP contribution in [-0.4, -0.2) is 40.9 Å². The molecule has 3 rings (SSSR count). The van der Waals surface area contributed by atoms with E-state index in [1.807, 2.05) is 12.2 Å². The summed E-state index contributed by atoms with van der Waals surface area (Å²) in [7, 11) is 0. The zero-order chi connectivity index (χ0) is 76.5. The first-order valence-electron chi connectivity index (χ1n) is 48.5. The average molecular weight is 1460 g/mol. The molecule has 0 aromatic carbocycles. The zero-order valence-electron chi connectivity index (χ0n) is 73.7. The van der Waals surface area contributed by atoms with Crippen LogP contribution in [-0.2, 0) is 9.47 Å². The van der Waals surface area contributed by atoms with E-state index in [0.717, 1.165) is 32.3 Å². The fourth-order valence-corrected chi connectivity index (χ4v) is 16.7. The van der Waals surface area contributed by atoms with Crippen molar-refractivity contribution in [2.24, 2.45) is 16.7 Å². The summed E-state index contributed by atoms with van der Waals surface area (Å²) in [5.41, 5.74) is 0.425. The number of aliphatic hydroxyl groups excluding tert-OH is 2. The van der Waals surface area contributed by atoms with Crippen LogP contribution in [0.1, 0.15) is 557 Å². The van der Waals surface area contributed by atoms with Gasteiger partial charge in [-0.3, -0.25) is 0 Å².